The largest absolute Gasteiger partial charge is 0.350 e. The van der Waals surface area contributed by atoms with Crippen molar-refractivity contribution >= 4 is 23.3 Å². The number of carbonyl (C=O) groups excluding carboxylic acids is 2. The second-order valence-corrected chi connectivity index (χ2v) is 5.50. The van der Waals surface area contributed by atoms with E-state index in [4.69, 9.17) is 17.3 Å². The number of Topliss-reactive ketones (excluding diaryl/α,β-unsaturated/α-hetero) is 1. The van der Waals surface area contributed by atoms with Crippen LogP contribution in [-0.4, -0.2) is 23.8 Å². The summed E-state index contributed by atoms with van der Waals surface area (Å²) in [4.78, 5) is 23.5. The number of nitrogens with one attached hydrogen (secondary N) is 1. The van der Waals surface area contributed by atoms with Gasteiger partial charge in [0.1, 0.15) is 0 Å². The lowest BCUT2D eigenvalue weighted by Crippen LogP contribution is -2.48. The summed E-state index contributed by atoms with van der Waals surface area (Å²) in [5, 5.41) is 3.37. The van der Waals surface area contributed by atoms with Gasteiger partial charge in [-0.2, -0.15) is 0 Å². The molecule has 1 amide bonds. The predicted molar refractivity (Wildman–Crippen MR) is 76.3 cm³/mol. The number of amides is 1. The highest BCUT2D eigenvalue weighted by molar-refractivity contribution is 6.30. The Balaban J connectivity index is 2.46. The van der Waals surface area contributed by atoms with Gasteiger partial charge in [0.05, 0.1) is 0 Å². The average molecular weight is 283 g/mol. The van der Waals surface area contributed by atoms with Gasteiger partial charge in [-0.25, -0.2) is 0 Å². The monoisotopic (exact) mass is 282 g/mol. The first-order valence-corrected chi connectivity index (χ1v) is 6.52. The maximum atomic E-state index is 11.8. The summed E-state index contributed by atoms with van der Waals surface area (Å²) in [6, 6.07) is 6.64. The molecule has 0 fully saturated rings. The van der Waals surface area contributed by atoms with Crippen LogP contribution in [0.2, 0.25) is 5.02 Å². The third kappa shape index (κ3) is 5.41. The van der Waals surface area contributed by atoms with Crippen LogP contribution < -0.4 is 11.1 Å². The molecule has 0 bridgehead atoms. The number of carbonyl (C=O) groups is 2. The van der Waals surface area contributed by atoms with Gasteiger partial charge in [-0.15, -0.1) is 0 Å². The Kier molecular flexibility index (Phi) is 5.51. The van der Waals surface area contributed by atoms with Crippen molar-refractivity contribution in [1.82, 2.24) is 5.32 Å². The van der Waals surface area contributed by atoms with Crippen molar-refractivity contribution in [2.45, 2.75) is 32.2 Å². The predicted octanol–water partition coefficient (Wildman–Crippen LogP) is 2.16. The molecule has 3 N–H and O–H groups in total. The number of ketones is 1. The zero-order valence-electron chi connectivity index (χ0n) is 11.2. The summed E-state index contributed by atoms with van der Waals surface area (Å²) in [7, 11) is 0. The topological polar surface area (TPSA) is 72.2 Å². The van der Waals surface area contributed by atoms with E-state index in [-0.39, 0.29) is 24.5 Å². The van der Waals surface area contributed by atoms with E-state index >= 15 is 0 Å². The molecule has 0 spiro atoms. The molecule has 0 heterocycles. The van der Waals surface area contributed by atoms with Gasteiger partial charge in [0.15, 0.2) is 5.78 Å². The van der Waals surface area contributed by atoms with Crippen LogP contribution in [0.5, 0.6) is 0 Å². The van der Waals surface area contributed by atoms with E-state index in [1.807, 2.05) is 13.8 Å². The highest BCUT2D eigenvalue weighted by Crippen LogP contribution is 2.12. The van der Waals surface area contributed by atoms with Crippen molar-refractivity contribution in [3.63, 3.8) is 0 Å². The SMILES string of the molecule is CC(C)(CN)NC(=O)CCC(=O)c1ccc(Cl)cc1. The minimum atomic E-state index is -0.444. The number of hydrogen-bond donors (Lipinski definition) is 2. The molecule has 0 saturated heterocycles. The summed E-state index contributed by atoms with van der Waals surface area (Å²) in [5.41, 5.74) is 5.64. The number of hydrogen-bond acceptors (Lipinski definition) is 3. The van der Waals surface area contributed by atoms with Crippen molar-refractivity contribution in [3.8, 4) is 0 Å². The van der Waals surface area contributed by atoms with E-state index in [9.17, 15) is 9.59 Å². The summed E-state index contributed by atoms with van der Waals surface area (Å²) < 4.78 is 0. The normalized spacial score (nSPS) is 11.2. The molecule has 0 aromatic heterocycles. The molecular weight excluding hydrogens is 264 g/mol. The zero-order valence-corrected chi connectivity index (χ0v) is 12.0. The van der Waals surface area contributed by atoms with Crippen molar-refractivity contribution < 1.29 is 9.59 Å². The van der Waals surface area contributed by atoms with Crippen molar-refractivity contribution in [2.75, 3.05) is 6.54 Å². The fraction of sp³-hybridized carbons (Fsp3) is 0.429. The van der Waals surface area contributed by atoms with Crippen LogP contribution in [0.4, 0.5) is 0 Å². The van der Waals surface area contributed by atoms with Crippen molar-refractivity contribution in [1.29, 1.82) is 0 Å². The number of halogens is 1. The van der Waals surface area contributed by atoms with Crippen LogP contribution in [0.3, 0.4) is 0 Å². The van der Waals surface area contributed by atoms with Crippen LogP contribution in [0.15, 0.2) is 24.3 Å². The minimum absolute atomic E-state index is 0.0719. The molecule has 1 aromatic rings. The van der Waals surface area contributed by atoms with Gasteiger partial charge in [0.25, 0.3) is 0 Å². The molecule has 0 aliphatic rings. The molecular formula is C14H19ClN2O2. The van der Waals surface area contributed by atoms with E-state index in [2.05, 4.69) is 5.32 Å². The van der Waals surface area contributed by atoms with Gasteiger partial charge in [-0.05, 0) is 38.1 Å². The lowest BCUT2D eigenvalue weighted by Gasteiger charge is -2.24. The Labute approximate surface area is 118 Å². The van der Waals surface area contributed by atoms with E-state index in [1.54, 1.807) is 24.3 Å². The molecule has 0 saturated carbocycles. The average Bonchev–Trinajstić information content (AvgIpc) is 2.36. The zero-order chi connectivity index (χ0) is 14.5. The standard InChI is InChI=1S/C14H19ClN2O2/c1-14(2,9-16)17-13(19)8-7-12(18)10-3-5-11(15)6-4-10/h3-6H,7-9,16H2,1-2H3,(H,17,19). The quantitative estimate of drug-likeness (QED) is 0.785. The minimum Gasteiger partial charge on any atom is -0.350 e. The Morgan fingerprint density at radius 1 is 1.21 bits per heavy atom. The molecule has 5 heteroatoms. The van der Waals surface area contributed by atoms with Gasteiger partial charge in [-0.1, -0.05) is 11.6 Å². The summed E-state index contributed by atoms with van der Waals surface area (Å²) >= 11 is 5.75. The highest BCUT2D eigenvalue weighted by atomic mass is 35.5. The lowest BCUT2D eigenvalue weighted by atomic mass is 10.0. The Bertz CT molecular complexity index is 455. The molecule has 19 heavy (non-hydrogen) atoms. The summed E-state index contributed by atoms with van der Waals surface area (Å²) in [6.45, 7) is 4.03. The number of benzene rings is 1. The molecule has 0 atom stereocenters. The van der Waals surface area contributed by atoms with Gasteiger partial charge in [0, 0.05) is 35.5 Å². The maximum absolute atomic E-state index is 11.8. The lowest BCUT2D eigenvalue weighted by molar-refractivity contribution is -0.122. The molecule has 0 aliphatic heterocycles. The first-order valence-electron chi connectivity index (χ1n) is 6.14. The third-order valence-electron chi connectivity index (χ3n) is 2.73. The van der Waals surface area contributed by atoms with Crippen molar-refractivity contribution in [3.05, 3.63) is 34.9 Å². The van der Waals surface area contributed by atoms with E-state index in [0.29, 0.717) is 17.1 Å². The van der Waals surface area contributed by atoms with Crippen LogP contribution in [0, 0.1) is 0 Å². The van der Waals surface area contributed by atoms with Crippen molar-refractivity contribution in [2.24, 2.45) is 5.73 Å². The van der Waals surface area contributed by atoms with Gasteiger partial charge in [-0.3, -0.25) is 9.59 Å². The molecule has 1 aromatic carbocycles. The first kappa shape index (κ1) is 15.7. The Morgan fingerprint density at radius 3 is 2.32 bits per heavy atom. The Morgan fingerprint density at radius 2 is 1.79 bits per heavy atom. The molecule has 0 radical (unpaired) electrons. The van der Waals surface area contributed by atoms with Crippen LogP contribution in [-0.2, 0) is 4.79 Å². The smallest absolute Gasteiger partial charge is 0.220 e. The van der Waals surface area contributed by atoms with Crippen LogP contribution >= 0.6 is 11.6 Å². The second kappa shape index (κ2) is 6.68. The summed E-state index contributed by atoms with van der Waals surface area (Å²) in [6.07, 6.45) is 0.332. The van der Waals surface area contributed by atoms with E-state index < -0.39 is 5.54 Å². The number of rotatable bonds is 6. The van der Waals surface area contributed by atoms with Crippen LogP contribution in [0.1, 0.15) is 37.0 Å². The van der Waals surface area contributed by atoms with E-state index in [1.165, 1.54) is 0 Å². The van der Waals surface area contributed by atoms with Crippen LogP contribution in [0.25, 0.3) is 0 Å². The molecule has 0 unspecified atom stereocenters. The number of nitrogens with two attached hydrogens (primary N) is 1. The van der Waals surface area contributed by atoms with Gasteiger partial charge < -0.3 is 11.1 Å². The molecule has 0 aliphatic carbocycles. The molecule has 104 valence electrons. The fourth-order valence-corrected chi connectivity index (χ4v) is 1.62. The first-order chi connectivity index (χ1) is 8.84. The molecule has 4 nitrogen and oxygen atoms in total. The molecule has 1 rings (SSSR count). The third-order valence-corrected chi connectivity index (χ3v) is 2.99. The Hall–Kier alpha value is -1.39. The van der Waals surface area contributed by atoms with Gasteiger partial charge in [0.2, 0.25) is 5.91 Å². The van der Waals surface area contributed by atoms with Gasteiger partial charge >= 0.3 is 0 Å². The highest BCUT2D eigenvalue weighted by Gasteiger charge is 2.18. The fourth-order valence-electron chi connectivity index (χ4n) is 1.50. The maximum Gasteiger partial charge on any atom is 0.220 e. The summed E-state index contributed by atoms with van der Waals surface area (Å²) in [5.74, 6) is -0.241. The van der Waals surface area contributed by atoms with E-state index in [0.717, 1.165) is 0 Å². The second-order valence-electron chi connectivity index (χ2n) is 5.07.